The third kappa shape index (κ3) is 50.2. The van der Waals surface area contributed by atoms with Crippen LogP contribution in [0.2, 0.25) is 0 Å². The molecule has 1 atom stereocenters. The number of ether oxygens (including phenoxy) is 3. The van der Waals surface area contributed by atoms with Crippen LogP contribution in [0.25, 0.3) is 0 Å². The van der Waals surface area contributed by atoms with Crippen LogP contribution in [0.1, 0.15) is 265 Å². The smallest absolute Gasteiger partial charge is 0.306 e. The first-order chi connectivity index (χ1) is 30.6. The minimum Gasteiger partial charge on any atom is -0.462 e. The molecule has 0 aliphatic rings. The van der Waals surface area contributed by atoms with Crippen molar-refractivity contribution in [3.05, 3.63) is 60.8 Å². The van der Waals surface area contributed by atoms with Gasteiger partial charge in [-0.25, -0.2) is 0 Å². The molecule has 0 saturated carbocycles. The highest BCUT2D eigenvalue weighted by molar-refractivity contribution is 5.70. The van der Waals surface area contributed by atoms with E-state index in [9.17, 15) is 9.59 Å². The Bertz CT molecular complexity index is 1070. The van der Waals surface area contributed by atoms with Crippen LogP contribution >= 0.6 is 0 Å². The molecule has 0 aliphatic heterocycles. The van der Waals surface area contributed by atoms with Crippen LogP contribution in [0.4, 0.5) is 0 Å². The van der Waals surface area contributed by atoms with Gasteiger partial charge in [-0.1, -0.05) is 236 Å². The number of rotatable bonds is 49. The van der Waals surface area contributed by atoms with Gasteiger partial charge in [0.15, 0.2) is 6.10 Å². The first-order valence-corrected chi connectivity index (χ1v) is 26.8. The van der Waals surface area contributed by atoms with E-state index < -0.39 is 6.10 Å². The molecular formula is C57H102O5. The monoisotopic (exact) mass is 867 g/mol. The molecule has 0 aromatic carbocycles. The Hall–Kier alpha value is -2.40. The summed E-state index contributed by atoms with van der Waals surface area (Å²) in [6.45, 7) is 7.69. The number of allylic oxidation sites excluding steroid dienone is 10. The molecule has 62 heavy (non-hydrogen) atoms. The van der Waals surface area contributed by atoms with E-state index in [1.165, 1.54) is 141 Å². The number of carbonyl (C=O) groups is 2. The van der Waals surface area contributed by atoms with Gasteiger partial charge >= 0.3 is 11.9 Å². The van der Waals surface area contributed by atoms with Gasteiger partial charge in [0.1, 0.15) is 6.61 Å². The predicted molar refractivity (Wildman–Crippen MR) is 270 cm³/mol. The molecule has 5 heteroatoms. The fourth-order valence-corrected chi connectivity index (χ4v) is 7.54. The van der Waals surface area contributed by atoms with E-state index >= 15 is 0 Å². The first kappa shape index (κ1) is 59.6. The SMILES string of the molecule is CC/C=C\C/C=C\C/C=C\C/C=C\CCCCCCCCC(=O)OCC(COCCCCCCCCCCCCCCCCCC)OC(=O)CCCCCCC/C=C\CCCC. The molecule has 0 rings (SSSR count). The van der Waals surface area contributed by atoms with Crippen LogP contribution in [-0.4, -0.2) is 37.9 Å². The zero-order valence-electron chi connectivity index (χ0n) is 41.4. The molecule has 5 nitrogen and oxygen atoms in total. The van der Waals surface area contributed by atoms with Gasteiger partial charge in [-0.15, -0.1) is 0 Å². The number of unbranched alkanes of at least 4 members (excludes halogenated alkanes) is 28. The number of esters is 2. The van der Waals surface area contributed by atoms with E-state index in [0.29, 0.717) is 19.4 Å². The number of carbonyl (C=O) groups excluding carboxylic acids is 2. The molecule has 0 heterocycles. The Balaban J connectivity index is 4.23. The fourth-order valence-electron chi connectivity index (χ4n) is 7.54. The lowest BCUT2D eigenvalue weighted by atomic mass is 10.0. The Morgan fingerprint density at radius 2 is 0.742 bits per heavy atom. The maximum atomic E-state index is 12.8. The van der Waals surface area contributed by atoms with Gasteiger partial charge in [-0.05, 0) is 77.0 Å². The third-order valence-corrected chi connectivity index (χ3v) is 11.5. The van der Waals surface area contributed by atoms with Crippen molar-refractivity contribution in [3.8, 4) is 0 Å². The van der Waals surface area contributed by atoms with E-state index in [2.05, 4.69) is 81.5 Å². The second-order valence-electron chi connectivity index (χ2n) is 17.8. The second-order valence-corrected chi connectivity index (χ2v) is 17.8. The van der Waals surface area contributed by atoms with Gasteiger partial charge in [-0.3, -0.25) is 9.59 Å². The molecule has 0 amide bonds. The van der Waals surface area contributed by atoms with Crippen LogP contribution in [0.5, 0.6) is 0 Å². The topological polar surface area (TPSA) is 61.8 Å². The molecule has 0 bridgehead atoms. The summed E-state index contributed by atoms with van der Waals surface area (Å²) < 4.78 is 17.4. The highest BCUT2D eigenvalue weighted by Gasteiger charge is 2.17. The molecule has 0 N–H and O–H groups in total. The molecule has 0 aliphatic carbocycles. The average Bonchev–Trinajstić information content (AvgIpc) is 3.27. The Kier molecular flexibility index (Phi) is 50.9. The summed E-state index contributed by atoms with van der Waals surface area (Å²) in [7, 11) is 0. The highest BCUT2D eigenvalue weighted by Crippen LogP contribution is 2.15. The van der Waals surface area contributed by atoms with Gasteiger partial charge in [0.2, 0.25) is 0 Å². The van der Waals surface area contributed by atoms with Crippen LogP contribution < -0.4 is 0 Å². The molecule has 360 valence electrons. The van der Waals surface area contributed by atoms with Crippen LogP contribution in [-0.2, 0) is 23.8 Å². The maximum absolute atomic E-state index is 12.8. The van der Waals surface area contributed by atoms with Crippen molar-refractivity contribution in [1.82, 2.24) is 0 Å². The summed E-state index contributed by atoms with van der Waals surface area (Å²) >= 11 is 0. The van der Waals surface area contributed by atoms with E-state index in [1.807, 2.05) is 0 Å². The van der Waals surface area contributed by atoms with Crippen molar-refractivity contribution < 1.29 is 23.8 Å². The molecule has 0 spiro atoms. The van der Waals surface area contributed by atoms with Gasteiger partial charge in [0, 0.05) is 19.4 Å². The fraction of sp³-hybridized carbons (Fsp3) is 0.789. The van der Waals surface area contributed by atoms with Crippen molar-refractivity contribution in [3.63, 3.8) is 0 Å². The van der Waals surface area contributed by atoms with Crippen LogP contribution in [0.15, 0.2) is 60.8 Å². The largest absolute Gasteiger partial charge is 0.462 e. The zero-order valence-corrected chi connectivity index (χ0v) is 41.4. The summed E-state index contributed by atoms with van der Waals surface area (Å²) in [6, 6.07) is 0. The molecule has 1 unspecified atom stereocenters. The summed E-state index contributed by atoms with van der Waals surface area (Å²) in [6.07, 6.45) is 66.6. The van der Waals surface area contributed by atoms with Crippen molar-refractivity contribution in [2.75, 3.05) is 19.8 Å². The summed E-state index contributed by atoms with van der Waals surface area (Å²) in [5.74, 6) is -0.415. The molecular weight excluding hydrogens is 765 g/mol. The summed E-state index contributed by atoms with van der Waals surface area (Å²) in [5, 5.41) is 0. The first-order valence-electron chi connectivity index (χ1n) is 26.8. The predicted octanol–water partition coefficient (Wildman–Crippen LogP) is 18.1. The molecule has 0 aromatic rings. The molecule has 0 fully saturated rings. The van der Waals surface area contributed by atoms with Crippen molar-refractivity contribution in [2.24, 2.45) is 0 Å². The van der Waals surface area contributed by atoms with Crippen molar-refractivity contribution >= 4 is 11.9 Å². The standard InChI is InChI=1S/C57H102O5/c1-4-7-10-13-16-19-22-24-26-28-29-30-31-33-36-38-41-44-47-50-56(58)61-54-55(62-57(59)51-48-45-42-39-35-21-18-15-12-9-6-3)53-60-52-49-46-43-40-37-34-32-27-25-23-20-17-14-11-8-5-2/h7,10,15-16,18-19,24,26,29-30,55H,4-6,8-9,11-14,17,20-23,25,27-28,31-54H2,1-3H3/b10-7-,18-15-,19-16-,26-24-,30-29-. The lowest BCUT2D eigenvalue weighted by Gasteiger charge is -2.18. The van der Waals surface area contributed by atoms with Gasteiger partial charge < -0.3 is 14.2 Å². The van der Waals surface area contributed by atoms with Gasteiger partial charge in [0.05, 0.1) is 6.61 Å². The lowest BCUT2D eigenvalue weighted by molar-refractivity contribution is -0.163. The Morgan fingerprint density at radius 3 is 1.23 bits per heavy atom. The van der Waals surface area contributed by atoms with E-state index in [1.54, 1.807) is 0 Å². The maximum Gasteiger partial charge on any atom is 0.306 e. The Morgan fingerprint density at radius 1 is 0.371 bits per heavy atom. The quantitative estimate of drug-likeness (QED) is 0.0346. The minimum absolute atomic E-state index is 0.0760. The van der Waals surface area contributed by atoms with E-state index in [0.717, 1.165) is 89.9 Å². The molecule has 0 radical (unpaired) electrons. The van der Waals surface area contributed by atoms with Crippen LogP contribution in [0.3, 0.4) is 0 Å². The highest BCUT2D eigenvalue weighted by atomic mass is 16.6. The zero-order chi connectivity index (χ0) is 44.9. The van der Waals surface area contributed by atoms with Gasteiger partial charge in [0.25, 0.3) is 0 Å². The molecule has 0 saturated heterocycles. The minimum atomic E-state index is -0.544. The normalized spacial score (nSPS) is 12.6. The summed E-state index contributed by atoms with van der Waals surface area (Å²) in [4.78, 5) is 25.4. The number of hydrogen-bond acceptors (Lipinski definition) is 5. The van der Waals surface area contributed by atoms with E-state index in [4.69, 9.17) is 14.2 Å². The number of hydrogen-bond donors (Lipinski definition) is 0. The Labute approximate surface area is 385 Å². The molecule has 0 aromatic heterocycles. The third-order valence-electron chi connectivity index (χ3n) is 11.5. The van der Waals surface area contributed by atoms with Gasteiger partial charge in [-0.2, -0.15) is 0 Å². The lowest BCUT2D eigenvalue weighted by Crippen LogP contribution is -2.30. The van der Waals surface area contributed by atoms with Crippen molar-refractivity contribution in [2.45, 2.75) is 271 Å². The summed E-state index contributed by atoms with van der Waals surface area (Å²) in [5.41, 5.74) is 0. The van der Waals surface area contributed by atoms with E-state index in [-0.39, 0.29) is 25.2 Å². The second kappa shape index (κ2) is 52.9. The average molecular weight is 867 g/mol. The van der Waals surface area contributed by atoms with Crippen molar-refractivity contribution in [1.29, 1.82) is 0 Å². The van der Waals surface area contributed by atoms with Crippen LogP contribution in [0, 0.1) is 0 Å².